The molecule has 0 aliphatic carbocycles. The molecule has 1 N–H and O–H groups in total. The highest BCUT2D eigenvalue weighted by atomic mass is 35.5. The van der Waals surface area contributed by atoms with E-state index in [4.69, 9.17) is 16.3 Å². The maximum atomic E-state index is 6.50. The quantitative estimate of drug-likeness (QED) is 0.876. The number of halogens is 1. The number of hydrogen-bond acceptors (Lipinski definition) is 3. The summed E-state index contributed by atoms with van der Waals surface area (Å²) in [4.78, 5) is 0. The Kier molecular flexibility index (Phi) is 5.69. The van der Waals surface area contributed by atoms with Gasteiger partial charge in [-0.3, -0.25) is 4.68 Å². The van der Waals surface area contributed by atoms with E-state index < -0.39 is 0 Å². The lowest BCUT2D eigenvalue weighted by atomic mass is 9.76. The minimum Gasteiger partial charge on any atom is -0.381 e. The Hall–Kier alpha value is -0.580. The first-order chi connectivity index (χ1) is 9.97. The highest BCUT2D eigenvalue weighted by molar-refractivity contribution is 6.31. The average molecular weight is 314 g/mol. The lowest BCUT2D eigenvalue weighted by Gasteiger charge is -2.38. The zero-order valence-corrected chi connectivity index (χ0v) is 14.5. The van der Waals surface area contributed by atoms with E-state index in [1.54, 1.807) is 0 Å². The van der Waals surface area contributed by atoms with Crippen molar-refractivity contribution in [1.82, 2.24) is 15.1 Å². The van der Waals surface area contributed by atoms with Gasteiger partial charge < -0.3 is 10.1 Å². The highest BCUT2D eigenvalue weighted by Gasteiger charge is 2.35. The molecule has 4 nitrogen and oxygen atoms in total. The first-order valence-electron chi connectivity index (χ1n) is 8.00. The number of aromatic nitrogens is 2. The number of aryl methyl sites for hydroxylation is 2. The van der Waals surface area contributed by atoms with Crippen LogP contribution in [0.4, 0.5) is 0 Å². The summed E-state index contributed by atoms with van der Waals surface area (Å²) in [6.45, 7) is 12.1. The number of ether oxygens (including phenoxy) is 1. The third-order valence-electron chi connectivity index (χ3n) is 4.43. The van der Waals surface area contributed by atoms with Gasteiger partial charge in [0.1, 0.15) is 0 Å². The average Bonchev–Trinajstić information content (AvgIpc) is 2.74. The van der Waals surface area contributed by atoms with E-state index >= 15 is 0 Å². The molecule has 1 aromatic rings. The van der Waals surface area contributed by atoms with Crippen molar-refractivity contribution >= 4 is 11.6 Å². The van der Waals surface area contributed by atoms with Crippen molar-refractivity contribution in [3.8, 4) is 0 Å². The van der Waals surface area contributed by atoms with E-state index in [0.29, 0.717) is 6.04 Å². The van der Waals surface area contributed by atoms with Crippen LogP contribution in [0.3, 0.4) is 0 Å². The van der Waals surface area contributed by atoms with E-state index in [-0.39, 0.29) is 5.41 Å². The fourth-order valence-corrected chi connectivity index (χ4v) is 3.24. The van der Waals surface area contributed by atoms with Crippen LogP contribution in [0.15, 0.2) is 0 Å². The predicted octanol–water partition coefficient (Wildman–Crippen LogP) is 3.20. The normalized spacial score (nSPS) is 18.4. The summed E-state index contributed by atoms with van der Waals surface area (Å²) in [5.41, 5.74) is 2.35. The van der Waals surface area contributed by atoms with Crippen molar-refractivity contribution in [2.24, 2.45) is 5.41 Å². The monoisotopic (exact) mass is 313 g/mol. The molecule has 1 saturated heterocycles. The molecule has 0 spiro atoms. The van der Waals surface area contributed by atoms with Crippen molar-refractivity contribution < 1.29 is 4.74 Å². The van der Waals surface area contributed by atoms with Crippen LogP contribution >= 0.6 is 11.6 Å². The molecule has 120 valence electrons. The minimum absolute atomic E-state index is 0.228. The second-order valence-electron chi connectivity index (χ2n) is 6.49. The molecule has 0 bridgehead atoms. The Balaban J connectivity index is 2.22. The Labute approximate surface area is 133 Å². The second-order valence-corrected chi connectivity index (χ2v) is 6.86. The summed E-state index contributed by atoms with van der Waals surface area (Å²) < 4.78 is 7.64. The van der Waals surface area contributed by atoms with Crippen LogP contribution < -0.4 is 5.32 Å². The summed E-state index contributed by atoms with van der Waals surface area (Å²) >= 11 is 6.50. The first kappa shape index (κ1) is 16.8. The van der Waals surface area contributed by atoms with Gasteiger partial charge in [0.25, 0.3) is 0 Å². The smallest absolute Gasteiger partial charge is 0.0847 e. The van der Waals surface area contributed by atoms with Gasteiger partial charge in [0.15, 0.2) is 0 Å². The summed E-state index contributed by atoms with van der Waals surface area (Å²) in [6, 6.07) is 0.498. The second kappa shape index (κ2) is 7.12. The molecule has 0 amide bonds. The Bertz CT molecular complexity index is 464. The van der Waals surface area contributed by atoms with E-state index in [9.17, 15) is 0 Å². The van der Waals surface area contributed by atoms with Gasteiger partial charge in [0.2, 0.25) is 0 Å². The van der Waals surface area contributed by atoms with Gasteiger partial charge in [0, 0.05) is 32.3 Å². The molecule has 0 atom stereocenters. The van der Waals surface area contributed by atoms with Crippen LogP contribution in [0.25, 0.3) is 0 Å². The molecular formula is C16H28ClN3O. The molecule has 0 radical (unpaired) electrons. The maximum Gasteiger partial charge on any atom is 0.0847 e. The standard InChI is InChI=1S/C16H28ClN3O/c1-5-20-14(15(17)13(4)19-20)10-16(11-18-12(2)3)6-8-21-9-7-16/h12,18H,5-11H2,1-4H3. The van der Waals surface area contributed by atoms with Gasteiger partial charge in [0.05, 0.1) is 16.4 Å². The van der Waals surface area contributed by atoms with Crippen molar-refractivity contribution in [1.29, 1.82) is 0 Å². The van der Waals surface area contributed by atoms with E-state index in [2.05, 4.69) is 35.9 Å². The fraction of sp³-hybridized carbons (Fsp3) is 0.812. The number of hydrogen-bond donors (Lipinski definition) is 1. The van der Waals surface area contributed by atoms with Crippen molar-refractivity contribution in [2.75, 3.05) is 19.8 Å². The van der Waals surface area contributed by atoms with Gasteiger partial charge in [-0.2, -0.15) is 5.10 Å². The Morgan fingerprint density at radius 3 is 2.62 bits per heavy atom. The van der Waals surface area contributed by atoms with E-state index in [0.717, 1.165) is 56.3 Å². The predicted molar refractivity (Wildman–Crippen MR) is 87.0 cm³/mol. The summed E-state index contributed by atoms with van der Waals surface area (Å²) in [5.74, 6) is 0. The molecule has 2 rings (SSSR count). The summed E-state index contributed by atoms with van der Waals surface area (Å²) in [6.07, 6.45) is 3.14. The van der Waals surface area contributed by atoms with E-state index in [1.165, 1.54) is 5.69 Å². The summed E-state index contributed by atoms with van der Waals surface area (Å²) in [7, 11) is 0. The highest BCUT2D eigenvalue weighted by Crippen LogP contribution is 2.36. The van der Waals surface area contributed by atoms with Crippen LogP contribution in [0.1, 0.15) is 45.0 Å². The van der Waals surface area contributed by atoms with Gasteiger partial charge in [-0.05, 0) is 38.5 Å². The maximum absolute atomic E-state index is 6.50. The number of nitrogens with one attached hydrogen (secondary N) is 1. The van der Waals surface area contributed by atoms with Crippen LogP contribution in [-0.2, 0) is 17.7 Å². The van der Waals surface area contributed by atoms with Crippen LogP contribution in [0.2, 0.25) is 5.02 Å². The Morgan fingerprint density at radius 1 is 1.38 bits per heavy atom. The topological polar surface area (TPSA) is 39.1 Å². The van der Waals surface area contributed by atoms with Gasteiger partial charge in [-0.15, -0.1) is 0 Å². The molecule has 5 heteroatoms. The van der Waals surface area contributed by atoms with Crippen LogP contribution in [0.5, 0.6) is 0 Å². The molecule has 2 heterocycles. The molecular weight excluding hydrogens is 286 g/mol. The molecule has 0 aromatic carbocycles. The molecule has 0 unspecified atom stereocenters. The third kappa shape index (κ3) is 3.99. The molecule has 1 fully saturated rings. The summed E-state index contributed by atoms with van der Waals surface area (Å²) in [5, 5.41) is 9.01. The largest absolute Gasteiger partial charge is 0.381 e. The molecule has 21 heavy (non-hydrogen) atoms. The van der Waals surface area contributed by atoms with Gasteiger partial charge >= 0.3 is 0 Å². The van der Waals surface area contributed by atoms with E-state index in [1.807, 2.05) is 6.92 Å². The molecule has 1 aliphatic rings. The van der Waals surface area contributed by atoms with Crippen molar-refractivity contribution in [2.45, 2.75) is 59.5 Å². The Morgan fingerprint density at radius 2 is 2.05 bits per heavy atom. The SMILES string of the molecule is CCn1nc(C)c(Cl)c1CC1(CNC(C)C)CCOCC1. The van der Waals surface area contributed by atoms with Crippen molar-refractivity contribution in [3.63, 3.8) is 0 Å². The lowest BCUT2D eigenvalue weighted by molar-refractivity contribution is 0.0131. The van der Waals surface area contributed by atoms with Crippen LogP contribution in [-0.4, -0.2) is 35.6 Å². The fourth-order valence-electron chi connectivity index (χ4n) is 3.03. The number of rotatable bonds is 6. The first-order valence-corrected chi connectivity index (χ1v) is 8.38. The third-order valence-corrected chi connectivity index (χ3v) is 4.93. The van der Waals surface area contributed by atoms with Gasteiger partial charge in [-0.1, -0.05) is 25.4 Å². The van der Waals surface area contributed by atoms with Crippen LogP contribution in [0, 0.1) is 12.3 Å². The minimum atomic E-state index is 0.228. The number of nitrogens with zero attached hydrogens (tertiary/aromatic N) is 2. The zero-order chi connectivity index (χ0) is 15.5. The van der Waals surface area contributed by atoms with Crippen molar-refractivity contribution in [3.05, 3.63) is 16.4 Å². The molecule has 1 aliphatic heterocycles. The lowest BCUT2D eigenvalue weighted by Crippen LogP contribution is -2.43. The molecule has 0 saturated carbocycles. The molecule has 1 aromatic heterocycles. The zero-order valence-electron chi connectivity index (χ0n) is 13.7. The van der Waals surface area contributed by atoms with Gasteiger partial charge in [-0.25, -0.2) is 0 Å².